The van der Waals surface area contributed by atoms with Gasteiger partial charge in [0.15, 0.2) is 5.82 Å². The summed E-state index contributed by atoms with van der Waals surface area (Å²) in [7, 11) is 3.99. The number of primary amides is 1. The van der Waals surface area contributed by atoms with Gasteiger partial charge in [0.05, 0.1) is 11.4 Å². The molecule has 0 spiro atoms. The van der Waals surface area contributed by atoms with Crippen LogP contribution in [0.3, 0.4) is 0 Å². The fourth-order valence-corrected chi connectivity index (χ4v) is 4.45. The molecule has 0 bridgehead atoms. The van der Waals surface area contributed by atoms with Crippen molar-refractivity contribution in [1.29, 1.82) is 0 Å². The summed E-state index contributed by atoms with van der Waals surface area (Å²) in [6.45, 7) is 0. The molecule has 5 aromatic rings. The molecule has 0 aliphatic rings. The van der Waals surface area contributed by atoms with Gasteiger partial charge in [-0.1, -0.05) is 42.5 Å². The fourth-order valence-electron chi connectivity index (χ4n) is 4.45. The van der Waals surface area contributed by atoms with E-state index in [2.05, 4.69) is 16.4 Å². The van der Waals surface area contributed by atoms with E-state index >= 15 is 0 Å². The molecule has 0 unspecified atom stereocenters. The van der Waals surface area contributed by atoms with Gasteiger partial charge in [-0.2, -0.15) is 5.10 Å². The number of amides is 2. The SMILES string of the molecule is CN(C)c1cccc(-c2cc(-c3ccc(C(=O)N[C@@H](Cc4ccc(O)cc4)C(N)=O)cc3)n(-c3ccccn3)n2)c1. The zero-order valence-corrected chi connectivity index (χ0v) is 22.7. The highest BCUT2D eigenvalue weighted by Crippen LogP contribution is 2.30. The van der Waals surface area contributed by atoms with Gasteiger partial charge in [0.1, 0.15) is 11.8 Å². The summed E-state index contributed by atoms with van der Waals surface area (Å²) >= 11 is 0. The number of nitrogens with two attached hydrogens (primary N) is 1. The van der Waals surface area contributed by atoms with Crippen molar-refractivity contribution in [1.82, 2.24) is 20.1 Å². The minimum atomic E-state index is -0.905. The first-order chi connectivity index (χ1) is 19.8. The highest BCUT2D eigenvalue weighted by Gasteiger charge is 2.20. The minimum absolute atomic E-state index is 0.118. The first kappa shape index (κ1) is 27.1. The van der Waals surface area contributed by atoms with Crippen LogP contribution in [-0.4, -0.2) is 51.8 Å². The van der Waals surface area contributed by atoms with Gasteiger partial charge < -0.3 is 21.1 Å². The van der Waals surface area contributed by atoms with Gasteiger partial charge in [0, 0.05) is 49.1 Å². The normalized spacial score (nSPS) is 11.6. The fraction of sp³-hybridized carbons (Fsp3) is 0.125. The maximum atomic E-state index is 13.0. The first-order valence-electron chi connectivity index (χ1n) is 13.1. The van der Waals surface area contributed by atoms with Gasteiger partial charge in [0.25, 0.3) is 5.91 Å². The Kier molecular flexibility index (Phi) is 7.78. The lowest BCUT2D eigenvalue weighted by Crippen LogP contribution is -2.45. The van der Waals surface area contributed by atoms with E-state index < -0.39 is 17.9 Å². The van der Waals surface area contributed by atoms with Crippen molar-refractivity contribution in [3.8, 4) is 34.1 Å². The van der Waals surface area contributed by atoms with E-state index in [-0.39, 0.29) is 12.2 Å². The molecule has 5 rings (SSSR count). The smallest absolute Gasteiger partial charge is 0.251 e. The van der Waals surface area contributed by atoms with Crippen molar-refractivity contribution in [3.63, 3.8) is 0 Å². The molecule has 41 heavy (non-hydrogen) atoms. The highest BCUT2D eigenvalue weighted by molar-refractivity contribution is 5.97. The van der Waals surface area contributed by atoms with Crippen molar-refractivity contribution in [2.75, 3.05) is 19.0 Å². The number of hydrogen-bond acceptors (Lipinski definition) is 6. The molecule has 9 nitrogen and oxygen atoms in total. The van der Waals surface area contributed by atoms with E-state index in [1.165, 1.54) is 12.1 Å². The third-order valence-corrected chi connectivity index (χ3v) is 6.70. The van der Waals surface area contributed by atoms with E-state index in [0.29, 0.717) is 11.4 Å². The van der Waals surface area contributed by atoms with Gasteiger partial charge in [-0.3, -0.25) is 9.59 Å². The van der Waals surface area contributed by atoms with Crippen LogP contribution in [0.4, 0.5) is 5.69 Å². The third-order valence-electron chi connectivity index (χ3n) is 6.70. The van der Waals surface area contributed by atoms with Crippen LogP contribution in [0.1, 0.15) is 15.9 Å². The molecule has 4 N–H and O–H groups in total. The summed E-state index contributed by atoms with van der Waals surface area (Å²) in [6, 6.07) is 28.4. The van der Waals surface area contributed by atoms with Crippen LogP contribution in [0.25, 0.3) is 28.3 Å². The molecule has 3 aromatic carbocycles. The molecule has 2 aromatic heterocycles. The molecule has 1 atom stereocenters. The largest absolute Gasteiger partial charge is 0.508 e. The van der Waals surface area contributed by atoms with E-state index in [0.717, 1.165) is 33.8 Å². The molecule has 9 heteroatoms. The number of phenols is 1. The standard InChI is InChI=1S/C32H30N6O3/c1-37(2)25-7-5-6-24(19-25)27-20-29(38(36-27)30-8-3-4-17-34-30)22-11-13-23(14-12-22)32(41)35-28(31(33)40)18-21-9-15-26(39)16-10-21/h3-17,19-20,28,39H,18H2,1-2H3,(H2,33,40)(H,35,41)/t28-/m0/s1. The number of anilines is 1. The topological polar surface area (TPSA) is 126 Å². The summed E-state index contributed by atoms with van der Waals surface area (Å²) in [5.74, 6) is -0.281. The summed E-state index contributed by atoms with van der Waals surface area (Å²) in [4.78, 5) is 31.6. The van der Waals surface area contributed by atoms with Crippen molar-refractivity contribution < 1.29 is 14.7 Å². The maximum Gasteiger partial charge on any atom is 0.251 e. The number of aromatic hydroxyl groups is 1. The van der Waals surface area contributed by atoms with E-state index in [1.54, 1.807) is 35.1 Å². The van der Waals surface area contributed by atoms with Crippen molar-refractivity contribution in [2.24, 2.45) is 5.73 Å². The molecular formula is C32H30N6O3. The quantitative estimate of drug-likeness (QED) is 0.254. The maximum absolute atomic E-state index is 13.0. The van der Waals surface area contributed by atoms with Gasteiger partial charge in [0.2, 0.25) is 5.91 Å². The average Bonchev–Trinajstić information content (AvgIpc) is 3.44. The Morgan fingerprint density at radius 2 is 1.68 bits per heavy atom. The van der Waals surface area contributed by atoms with Crippen LogP contribution in [0.2, 0.25) is 0 Å². The Morgan fingerprint density at radius 3 is 2.34 bits per heavy atom. The van der Waals surface area contributed by atoms with Crippen molar-refractivity contribution in [2.45, 2.75) is 12.5 Å². The van der Waals surface area contributed by atoms with Gasteiger partial charge in [-0.25, -0.2) is 9.67 Å². The summed E-state index contributed by atoms with van der Waals surface area (Å²) in [6.07, 6.45) is 1.92. The predicted octanol–water partition coefficient (Wildman–Crippen LogP) is 4.20. The van der Waals surface area contributed by atoms with Crippen LogP contribution >= 0.6 is 0 Å². The molecule has 206 valence electrons. The lowest BCUT2D eigenvalue weighted by molar-refractivity contribution is -0.119. The lowest BCUT2D eigenvalue weighted by atomic mass is 10.0. The summed E-state index contributed by atoms with van der Waals surface area (Å²) < 4.78 is 1.79. The number of nitrogens with zero attached hydrogens (tertiary/aromatic N) is 4. The monoisotopic (exact) mass is 546 g/mol. The minimum Gasteiger partial charge on any atom is -0.508 e. The third kappa shape index (κ3) is 6.25. The van der Waals surface area contributed by atoms with E-state index in [1.807, 2.05) is 73.6 Å². The zero-order chi connectivity index (χ0) is 28.9. The molecule has 0 fully saturated rings. The molecular weight excluding hydrogens is 516 g/mol. The number of benzene rings is 3. The van der Waals surface area contributed by atoms with E-state index in [4.69, 9.17) is 10.8 Å². The molecule has 2 heterocycles. The van der Waals surface area contributed by atoms with Gasteiger partial charge in [-0.15, -0.1) is 0 Å². The number of carbonyl (C=O) groups excluding carboxylic acids is 2. The van der Waals surface area contributed by atoms with Crippen LogP contribution in [0.15, 0.2) is 103 Å². The van der Waals surface area contributed by atoms with Crippen LogP contribution in [0.5, 0.6) is 5.75 Å². The van der Waals surface area contributed by atoms with E-state index in [9.17, 15) is 14.7 Å². The second-order valence-electron chi connectivity index (χ2n) is 9.84. The average molecular weight is 547 g/mol. The highest BCUT2D eigenvalue weighted by atomic mass is 16.3. The first-order valence-corrected chi connectivity index (χ1v) is 13.1. The Labute approximate surface area is 237 Å². The second kappa shape index (κ2) is 11.7. The molecule has 2 amide bonds. The Hall–Kier alpha value is -5.44. The molecule has 0 aliphatic heterocycles. The summed E-state index contributed by atoms with van der Waals surface area (Å²) in [5.41, 5.74) is 11.2. The lowest BCUT2D eigenvalue weighted by Gasteiger charge is -2.16. The Balaban J connectivity index is 1.42. The molecule has 0 saturated heterocycles. The molecule has 0 saturated carbocycles. The van der Waals surface area contributed by atoms with Crippen LogP contribution < -0.4 is 16.0 Å². The molecule has 0 radical (unpaired) electrons. The number of aromatic nitrogens is 3. The predicted molar refractivity (Wildman–Crippen MR) is 159 cm³/mol. The second-order valence-corrected chi connectivity index (χ2v) is 9.84. The Bertz CT molecular complexity index is 1660. The number of carbonyl (C=O) groups is 2. The number of rotatable bonds is 9. The van der Waals surface area contributed by atoms with Crippen LogP contribution in [0, 0.1) is 0 Å². The number of hydrogen-bond donors (Lipinski definition) is 3. The number of pyridine rings is 1. The Morgan fingerprint density at radius 1 is 0.927 bits per heavy atom. The number of phenolic OH excluding ortho intramolecular Hbond substituents is 1. The number of nitrogens with one attached hydrogen (secondary N) is 1. The zero-order valence-electron chi connectivity index (χ0n) is 22.7. The van der Waals surface area contributed by atoms with Gasteiger partial charge >= 0.3 is 0 Å². The van der Waals surface area contributed by atoms with Crippen molar-refractivity contribution in [3.05, 3.63) is 114 Å². The molecule has 0 aliphatic carbocycles. The summed E-state index contributed by atoms with van der Waals surface area (Å²) in [5, 5.41) is 17.1. The van der Waals surface area contributed by atoms with Crippen molar-refractivity contribution >= 4 is 17.5 Å². The van der Waals surface area contributed by atoms with Crippen LogP contribution in [-0.2, 0) is 11.2 Å². The van der Waals surface area contributed by atoms with Gasteiger partial charge in [-0.05, 0) is 60.2 Å².